The standard InChI is InChI=1S/C20H25ClN2O4S/c1-3-19(23(28(2,25)26)18-11-9-17(21)10-12-18)20(24)22-13-14-27-15-16-7-5-4-6-8-16/h4-12,19H,3,13-15H2,1-2H3,(H,22,24)/t19-/m1/s1. The van der Waals surface area contributed by atoms with E-state index in [0.29, 0.717) is 36.9 Å². The second-order valence-electron chi connectivity index (χ2n) is 6.29. The first kappa shape index (κ1) is 22.2. The van der Waals surface area contributed by atoms with Gasteiger partial charge in [-0.1, -0.05) is 48.9 Å². The Bertz CT molecular complexity index is 858. The van der Waals surface area contributed by atoms with E-state index in [-0.39, 0.29) is 5.91 Å². The molecule has 0 bridgehead atoms. The number of ether oxygens (including phenoxy) is 1. The van der Waals surface area contributed by atoms with Gasteiger partial charge in [0.15, 0.2) is 0 Å². The van der Waals surface area contributed by atoms with Gasteiger partial charge in [0.2, 0.25) is 15.9 Å². The molecule has 1 amide bonds. The molecule has 0 aliphatic carbocycles. The van der Waals surface area contributed by atoms with Gasteiger partial charge >= 0.3 is 0 Å². The molecule has 2 aromatic rings. The van der Waals surface area contributed by atoms with Crippen molar-refractivity contribution in [1.29, 1.82) is 0 Å². The first-order chi connectivity index (χ1) is 13.3. The third kappa shape index (κ3) is 6.51. The first-order valence-corrected chi connectivity index (χ1v) is 11.2. The van der Waals surface area contributed by atoms with Crippen molar-refractivity contribution >= 4 is 33.2 Å². The number of carbonyl (C=O) groups is 1. The quantitative estimate of drug-likeness (QED) is 0.594. The van der Waals surface area contributed by atoms with Crippen molar-refractivity contribution in [1.82, 2.24) is 5.32 Å². The maximum atomic E-state index is 12.6. The number of hydrogen-bond donors (Lipinski definition) is 1. The van der Waals surface area contributed by atoms with Gasteiger partial charge in [-0.15, -0.1) is 0 Å². The van der Waals surface area contributed by atoms with Gasteiger partial charge in [0.1, 0.15) is 6.04 Å². The zero-order valence-corrected chi connectivity index (χ0v) is 17.5. The van der Waals surface area contributed by atoms with Crippen LogP contribution in [0.25, 0.3) is 0 Å². The van der Waals surface area contributed by atoms with Gasteiger partial charge in [0, 0.05) is 11.6 Å². The van der Waals surface area contributed by atoms with Gasteiger partial charge in [-0.2, -0.15) is 0 Å². The predicted molar refractivity (Wildman–Crippen MR) is 112 cm³/mol. The molecule has 0 saturated carbocycles. The predicted octanol–water partition coefficient (Wildman–Crippen LogP) is 3.22. The number of anilines is 1. The fraction of sp³-hybridized carbons (Fsp3) is 0.350. The lowest BCUT2D eigenvalue weighted by molar-refractivity contribution is -0.122. The molecular weight excluding hydrogens is 400 g/mol. The minimum Gasteiger partial charge on any atom is -0.375 e. The molecule has 152 valence electrons. The summed E-state index contributed by atoms with van der Waals surface area (Å²) in [5.74, 6) is -0.369. The maximum Gasteiger partial charge on any atom is 0.243 e. The van der Waals surface area contributed by atoms with Gasteiger partial charge in [-0.25, -0.2) is 8.42 Å². The average Bonchev–Trinajstić information content (AvgIpc) is 2.66. The molecule has 2 rings (SSSR count). The van der Waals surface area contributed by atoms with E-state index < -0.39 is 16.1 Å². The Hall–Kier alpha value is -2.09. The van der Waals surface area contributed by atoms with E-state index in [9.17, 15) is 13.2 Å². The highest BCUT2D eigenvalue weighted by Crippen LogP contribution is 2.24. The molecule has 1 atom stereocenters. The normalized spacial score (nSPS) is 12.4. The second-order valence-corrected chi connectivity index (χ2v) is 8.58. The van der Waals surface area contributed by atoms with Crippen molar-refractivity contribution < 1.29 is 17.9 Å². The number of amides is 1. The van der Waals surface area contributed by atoms with Crippen LogP contribution in [-0.2, 0) is 26.2 Å². The van der Waals surface area contributed by atoms with E-state index in [1.807, 2.05) is 30.3 Å². The summed E-state index contributed by atoms with van der Waals surface area (Å²) in [6.45, 7) is 2.84. The smallest absolute Gasteiger partial charge is 0.243 e. The molecule has 0 aliphatic heterocycles. The highest BCUT2D eigenvalue weighted by atomic mass is 35.5. The molecule has 1 N–H and O–H groups in total. The van der Waals surface area contributed by atoms with Crippen LogP contribution in [0.5, 0.6) is 0 Å². The molecule has 0 fully saturated rings. The largest absolute Gasteiger partial charge is 0.375 e. The maximum absolute atomic E-state index is 12.6. The van der Waals surface area contributed by atoms with Gasteiger partial charge in [-0.3, -0.25) is 9.10 Å². The molecule has 28 heavy (non-hydrogen) atoms. The van der Waals surface area contributed by atoms with Gasteiger partial charge < -0.3 is 10.1 Å². The molecule has 0 saturated heterocycles. The Morgan fingerprint density at radius 1 is 1.14 bits per heavy atom. The number of nitrogens with one attached hydrogen (secondary N) is 1. The zero-order valence-electron chi connectivity index (χ0n) is 16.0. The molecule has 0 aliphatic rings. The number of sulfonamides is 1. The number of rotatable bonds is 10. The summed E-state index contributed by atoms with van der Waals surface area (Å²) >= 11 is 5.89. The third-order valence-electron chi connectivity index (χ3n) is 4.07. The molecule has 2 aromatic carbocycles. The van der Waals surface area contributed by atoms with Crippen molar-refractivity contribution in [3.63, 3.8) is 0 Å². The molecule has 0 spiro atoms. The van der Waals surface area contributed by atoms with Crippen molar-refractivity contribution in [3.8, 4) is 0 Å². The Morgan fingerprint density at radius 3 is 2.36 bits per heavy atom. The summed E-state index contributed by atoms with van der Waals surface area (Å²) in [5, 5.41) is 3.25. The Balaban J connectivity index is 1.96. The summed E-state index contributed by atoms with van der Waals surface area (Å²) in [7, 11) is -3.66. The fourth-order valence-electron chi connectivity index (χ4n) is 2.78. The molecule has 0 aromatic heterocycles. The molecule has 6 nitrogen and oxygen atoms in total. The molecule has 0 heterocycles. The fourth-order valence-corrected chi connectivity index (χ4v) is 4.11. The average molecular weight is 425 g/mol. The first-order valence-electron chi connectivity index (χ1n) is 8.97. The lowest BCUT2D eigenvalue weighted by Gasteiger charge is -2.30. The van der Waals surface area contributed by atoms with Crippen molar-refractivity contribution in [2.45, 2.75) is 26.0 Å². The number of nitrogens with zero attached hydrogens (tertiary/aromatic N) is 1. The van der Waals surface area contributed by atoms with Crippen LogP contribution in [0.15, 0.2) is 54.6 Å². The van der Waals surface area contributed by atoms with Crippen LogP contribution in [0.3, 0.4) is 0 Å². The van der Waals surface area contributed by atoms with Gasteiger partial charge in [0.05, 0.1) is 25.2 Å². The number of benzene rings is 2. The summed E-state index contributed by atoms with van der Waals surface area (Å²) in [6, 6.07) is 15.2. The lowest BCUT2D eigenvalue weighted by atomic mass is 10.2. The highest BCUT2D eigenvalue weighted by molar-refractivity contribution is 7.92. The van der Waals surface area contributed by atoms with Crippen molar-refractivity contribution in [3.05, 3.63) is 65.2 Å². The van der Waals surface area contributed by atoms with E-state index in [0.717, 1.165) is 16.1 Å². The van der Waals surface area contributed by atoms with Crippen LogP contribution in [0.2, 0.25) is 5.02 Å². The summed E-state index contributed by atoms with van der Waals surface area (Å²) in [5.41, 5.74) is 1.44. The minimum absolute atomic E-state index is 0.292. The van der Waals surface area contributed by atoms with Crippen LogP contribution in [-0.4, -0.2) is 39.8 Å². The number of carbonyl (C=O) groups excluding carboxylic acids is 1. The van der Waals surface area contributed by atoms with E-state index in [1.54, 1.807) is 31.2 Å². The van der Waals surface area contributed by atoms with E-state index >= 15 is 0 Å². The van der Waals surface area contributed by atoms with Gasteiger partial charge in [0.25, 0.3) is 0 Å². The van der Waals surface area contributed by atoms with E-state index in [4.69, 9.17) is 16.3 Å². The zero-order chi connectivity index (χ0) is 20.6. The van der Waals surface area contributed by atoms with Gasteiger partial charge in [-0.05, 0) is 36.2 Å². The van der Waals surface area contributed by atoms with Crippen LogP contribution in [0.1, 0.15) is 18.9 Å². The molecule has 0 radical (unpaired) electrons. The molecule has 0 unspecified atom stereocenters. The minimum atomic E-state index is -3.66. The van der Waals surface area contributed by atoms with E-state index in [2.05, 4.69) is 5.32 Å². The highest BCUT2D eigenvalue weighted by Gasteiger charge is 2.31. The van der Waals surface area contributed by atoms with Crippen molar-refractivity contribution in [2.75, 3.05) is 23.7 Å². The van der Waals surface area contributed by atoms with Crippen molar-refractivity contribution in [2.24, 2.45) is 0 Å². The van der Waals surface area contributed by atoms with Crippen LogP contribution in [0.4, 0.5) is 5.69 Å². The molecule has 8 heteroatoms. The Morgan fingerprint density at radius 2 is 1.79 bits per heavy atom. The number of halogens is 1. The third-order valence-corrected chi connectivity index (χ3v) is 5.50. The summed E-state index contributed by atoms with van der Waals surface area (Å²) in [4.78, 5) is 12.6. The summed E-state index contributed by atoms with van der Waals surface area (Å²) in [6.07, 6.45) is 1.41. The monoisotopic (exact) mass is 424 g/mol. The Labute approximate surface area is 171 Å². The Kier molecular flexibility index (Phi) is 8.29. The topological polar surface area (TPSA) is 75.7 Å². The van der Waals surface area contributed by atoms with E-state index in [1.165, 1.54) is 0 Å². The summed E-state index contributed by atoms with van der Waals surface area (Å²) < 4.78 is 31.4. The number of hydrogen-bond acceptors (Lipinski definition) is 4. The molecular formula is C20H25ClN2O4S. The second kappa shape index (κ2) is 10.5. The van der Waals surface area contributed by atoms with Crippen LogP contribution in [0, 0.1) is 0 Å². The SMILES string of the molecule is CC[C@H](C(=O)NCCOCc1ccccc1)N(c1ccc(Cl)cc1)S(C)(=O)=O. The van der Waals surface area contributed by atoms with Crippen LogP contribution < -0.4 is 9.62 Å². The lowest BCUT2D eigenvalue weighted by Crippen LogP contribution is -2.49. The van der Waals surface area contributed by atoms with Crippen LogP contribution >= 0.6 is 11.6 Å².